The normalized spacial score (nSPS) is 9.57. The quantitative estimate of drug-likeness (QED) is 0.230. The molecule has 0 aliphatic carbocycles. The summed E-state index contributed by atoms with van der Waals surface area (Å²) in [4.78, 5) is 11.9. The minimum absolute atomic E-state index is 0. The van der Waals surface area contributed by atoms with Crippen molar-refractivity contribution < 1.29 is 51.2 Å². The maximum absolute atomic E-state index is 4.02. The van der Waals surface area contributed by atoms with E-state index >= 15 is 0 Å². The van der Waals surface area contributed by atoms with E-state index in [0.29, 0.717) is 0 Å². The molecular weight excluding hydrogens is 677 g/mol. The van der Waals surface area contributed by atoms with E-state index < -0.39 is 0 Å². The van der Waals surface area contributed by atoms with E-state index in [9.17, 15) is 0 Å². The first-order valence-electron chi connectivity index (χ1n) is 12.5. The molecule has 6 heterocycles. The molecule has 0 aliphatic heterocycles. The third-order valence-corrected chi connectivity index (χ3v) is 6.13. The Bertz CT molecular complexity index is 1360. The Morgan fingerprint density at radius 2 is 0.595 bits per heavy atom. The fourth-order valence-electron chi connectivity index (χ4n) is 4.34. The Balaban J connectivity index is 0.000000304. The first kappa shape index (κ1) is 36.7. The van der Waals surface area contributed by atoms with Gasteiger partial charge in [-0.15, -0.1) is 17.1 Å². The van der Waals surface area contributed by atoms with Crippen LogP contribution in [-0.2, 0) is 51.2 Å². The monoisotopic (exact) mass is 705 g/mol. The zero-order valence-corrected chi connectivity index (χ0v) is 26.7. The maximum atomic E-state index is 4.02. The third-order valence-electron chi connectivity index (χ3n) is 6.13. The first-order chi connectivity index (χ1) is 18.9. The largest absolute Gasteiger partial charge is 1.00 e. The minimum atomic E-state index is 0. The van der Waals surface area contributed by atoms with Gasteiger partial charge in [-0.2, -0.15) is 0 Å². The SMILES string of the molecule is Cc1n[n-]c(C)c1-c1ccncc1.Cc1n[n-]c(C)c1-c1ccncc1.Cc1n[n-]c(C)c1-c1ccncc1.[Cu+].[Cu+].[Cu+]. The molecule has 0 saturated carbocycles. The van der Waals surface area contributed by atoms with E-state index in [2.05, 4.69) is 45.5 Å². The van der Waals surface area contributed by atoms with E-state index in [0.717, 1.165) is 67.5 Å². The van der Waals surface area contributed by atoms with E-state index in [1.54, 1.807) is 37.2 Å². The van der Waals surface area contributed by atoms with Crippen LogP contribution in [0.25, 0.3) is 33.4 Å². The molecule has 0 unspecified atom stereocenters. The van der Waals surface area contributed by atoms with Gasteiger partial charge < -0.3 is 30.6 Å². The molecule has 9 nitrogen and oxygen atoms in total. The summed E-state index contributed by atoms with van der Waals surface area (Å²) in [5, 5.41) is 24.1. The van der Waals surface area contributed by atoms with Crippen molar-refractivity contribution in [2.45, 2.75) is 41.5 Å². The summed E-state index contributed by atoms with van der Waals surface area (Å²) in [5.74, 6) is 0. The average Bonchev–Trinajstić information content (AvgIpc) is 3.60. The van der Waals surface area contributed by atoms with Crippen LogP contribution < -0.4 is 15.3 Å². The number of aromatic nitrogens is 9. The van der Waals surface area contributed by atoms with Gasteiger partial charge in [-0.3, -0.25) is 15.0 Å². The van der Waals surface area contributed by atoms with Crippen LogP contribution in [0, 0.1) is 41.5 Å². The molecule has 0 amide bonds. The predicted molar refractivity (Wildman–Crippen MR) is 151 cm³/mol. The molecule has 6 aromatic rings. The van der Waals surface area contributed by atoms with Crippen LogP contribution in [0.1, 0.15) is 34.2 Å². The number of hydrogen-bond donors (Lipinski definition) is 0. The second-order valence-electron chi connectivity index (χ2n) is 8.95. The Labute approximate surface area is 278 Å². The number of hydrogen-bond acceptors (Lipinski definition) is 6. The molecule has 42 heavy (non-hydrogen) atoms. The maximum Gasteiger partial charge on any atom is 1.00 e. The fraction of sp³-hybridized carbons (Fsp3) is 0.200. The van der Waals surface area contributed by atoms with Crippen LogP contribution in [0.3, 0.4) is 0 Å². The van der Waals surface area contributed by atoms with Crippen molar-refractivity contribution in [1.29, 1.82) is 0 Å². The zero-order valence-electron chi connectivity index (χ0n) is 23.9. The van der Waals surface area contributed by atoms with Gasteiger partial charge in [0.2, 0.25) is 0 Å². The minimum Gasteiger partial charge on any atom is -0.578 e. The molecule has 6 aromatic heterocycles. The van der Waals surface area contributed by atoms with Crippen molar-refractivity contribution in [2.75, 3.05) is 0 Å². The molecule has 0 aromatic carbocycles. The van der Waals surface area contributed by atoms with Gasteiger partial charge in [0.25, 0.3) is 0 Å². The van der Waals surface area contributed by atoms with E-state index in [4.69, 9.17) is 0 Å². The fourth-order valence-corrected chi connectivity index (χ4v) is 4.34. The van der Waals surface area contributed by atoms with Crippen LogP contribution >= 0.6 is 0 Å². The predicted octanol–water partition coefficient (Wildman–Crippen LogP) is 5.15. The van der Waals surface area contributed by atoms with Crippen LogP contribution in [0.15, 0.2) is 73.6 Å². The summed E-state index contributed by atoms with van der Waals surface area (Å²) in [6, 6.07) is 11.8. The van der Waals surface area contributed by atoms with Crippen LogP contribution in [0.2, 0.25) is 0 Å². The molecule has 0 atom stereocenters. The van der Waals surface area contributed by atoms with Gasteiger partial charge in [-0.25, -0.2) is 0 Å². The standard InChI is InChI=1S/3C10H10N3.3Cu/c3*1-7-10(8(2)13-12-7)9-3-5-11-6-4-9;;;/h3*3-6H,1-2H3;;;/q3*-1;3*+1. The van der Waals surface area contributed by atoms with Crippen LogP contribution in [0.5, 0.6) is 0 Å². The Kier molecular flexibility index (Phi) is 15.3. The molecule has 0 radical (unpaired) electrons. The van der Waals surface area contributed by atoms with E-state index in [-0.39, 0.29) is 51.2 Å². The van der Waals surface area contributed by atoms with Crippen molar-refractivity contribution in [2.24, 2.45) is 0 Å². The average molecular weight is 707 g/mol. The molecule has 0 fully saturated rings. The van der Waals surface area contributed by atoms with Crippen LogP contribution in [-0.4, -0.2) is 30.2 Å². The van der Waals surface area contributed by atoms with Gasteiger partial charge in [0, 0.05) is 54.3 Å². The Morgan fingerprint density at radius 1 is 0.381 bits per heavy atom. The smallest absolute Gasteiger partial charge is 0.578 e. The van der Waals surface area contributed by atoms with Gasteiger partial charge in [0.05, 0.1) is 0 Å². The Morgan fingerprint density at radius 3 is 0.762 bits per heavy atom. The van der Waals surface area contributed by atoms with Gasteiger partial charge in [0.1, 0.15) is 0 Å². The molecule has 0 spiro atoms. The van der Waals surface area contributed by atoms with E-state index in [1.165, 1.54) is 0 Å². The second kappa shape index (κ2) is 17.6. The van der Waals surface area contributed by atoms with Crippen molar-refractivity contribution in [3.05, 3.63) is 108 Å². The molecule has 0 aliphatic rings. The topological polar surface area (TPSA) is 120 Å². The first-order valence-corrected chi connectivity index (χ1v) is 12.5. The second-order valence-corrected chi connectivity index (χ2v) is 8.95. The van der Waals surface area contributed by atoms with Gasteiger partial charge >= 0.3 is 51.2 Å². The third kappa shape index (κ3) is 9.07. The molecule has 12 heteroatoms. The summed E-state index contributed by atoms with van der Waals surface area (Å²) < 4.78 is 0. The van der Waals surface area contributed by atoms with Crippen molar-refractivity contribution in [1.82, 2.24) is 45.5 Å². The molecule has 0 bridgehead atoms. The summed E-state index contributed by atoms with van der Waals surface area (Å²) in [6.07, 6.45) is 10.7. The van der Waals surface area contributed by atoms with Gasteiger partial charge in [-0.1, -0.05) is 20.8 Å². The zero-order chi connectivity index (χ0) is 27.8. The van der Waals surface area contributed by atoms with Gasteiger partial charge in [0.15, 0.2) is 0 Å². The van der Waals surface area contributed by atoms with E-state index in [1.807, 2.05) is 77.9 Å². The molecule has 6 rings (SSSR count). The summed E-state index contributed by atoms with van der Waals surface area (Å²) in [6.45, 7) is 11.8. The number of rotatable bonds is 3. The van der Waals surface area contributed by atoms with Crippen LogP contribution in [0.4, 0.5) is 0 Å². The summed E-state index contributed by atoms with van der Waals surface area (Å²) >= 11 is 0. The molecule has 0 N–H and O–H groups in total. The summed E-state index contributed by atoms with van der Waals surface area (Å²) in [7, 11) is 0. The number of aryl methyl sites for hydroxylation is 6. The number of pyridine rings is 3. The van der Waals surface area contributed by atoms with Gasteiger partial charge in [-0.05, 0) is 90.6 Å². The molecule has 228 valence electrons. The number of nitrogens with zero attached hydrogens (tertiary/aromatic N) is 9. The van der Waals surface area contributed by atoms with Crippen molar-refractivity contribution in [3.63, 3.8) is 0 Å². The molecule has 0 saturated heterocycles. The Hall–Kier alpha value is -3.36. The summed E-state index contributed by atoms with van der Waals surface area (Å²) in [5.41, 5.74) is 12.6. The van der Waals surface area contributed by atoms with Crippen molar-refractivity contribution in [3.8, 4) is 33.4 Å². The van der Waals surface area contributed by atoms with Crippen molar-refractivity contribution >= 4 is 0 Å². The molecular formula is C30H30Cu3N9.